The van der Waals surface area contributed by atoms with Crippen molar-refractivity contribution in [2.24, 2.45) is 5.10 Å². The van der Waals surface area contributed by atoms with Gasteiger partial charge in [-0.2, -0.15) is 5.10 Å². The van der Waals surface area contributed by atoms with Gasteiger partial charge in [-0.15, -0.1) is 0 Å². The first-order chi connectivity index (χ1) is 13.6. The van der Waals surface area contributed by atoms with Gasteiger partial charge in [-0.25, -0.2) is 9.82 Å². The lowest BCUT2D eigenvalue weighted by atomic mass is 10.1. The monoisotopic (exact) mass is 381 g/mol. The van der Waals surface area contributed by atoms with Crippen LogP contribution >= 0.6 is 0 Å². The minimum Gasteiger partial charge on any atom is -0.465 e. The van der Waals surface area contributed by atoms with E-state index in [0.29, 0.717) is 12.2 Å². The molecule has 0 saturated heterocycles. The first kappa shape index (κ1) is 19.3. The van der Waals surface area contributed by atoms with Gasteiger partial charge in [0.25, 0.3) is 0 Å². The molecule has 28 heavy (non-hydrogen) atoms. The van der Waals surface area contributed by atoms with Gasteiger partial charge in [0.05, 0.1) is 19.2 Å². The SMILES string of the molecule is CCOC(=O)Cn1cc(/C=N/NC(=O)Cc2ccc(F)cc2)c2ccccc21. The number of hydrogen-bond acceptors (Lipinski definition) is 4. The number of fused-ring (bicyclic) bond motifs is 1. The number of esters is 1. The first-order valence-electron chi connectivity index (χ1n) is 8.86. The highest BCUT2D eigenvalue weighted by atomic mass is 19.1. The number of amides is 1. The number of halogens is 1. The van der Waals surface area contributed by atoms with Crippen LogP contribution in [0.5, 0.6) is 0 Å². The van der Waals surface area contributed by atoms with E-state index in [1.54, 1.807) is 29.8 Å². The topological polar surface area (TPSA) is 72.7 Å². The van der Waals surface area contributed by atoms with Crippen LogP contribution < -0.4 is 5.43 Å². The number of benzene rings is 2. The number of ether oxygens (including phenoxy) is 1. The molecule has 0 aliphatic heterocycles. The van der Waals surface area contributed by atoms with Crippen molar-refractivity contribution in [2.75, 3.05) is 6.61 Å². The summed E-state index contributed by atoms with van der Waals surface area (Å²) in [6.07, 6.45) is 3.42. The van der Waals surface area contributed by atoms with Crippen LogP contribution in [0.15, 0.2) is 59.8 Å². The highest BCUT2D eigenvalue weighted by Gasteiger charge is 2.10. The number of para-hydroxylation sites is 1. The lowest BCUT2D eigenvalue weighted by molar-refractivity contribution is -0.143. The van der Waals surface area contributed by atoms with E-state index in [0.717, 1.165) is 16.5 Å². The highest BCUT2D eigenvalue weighted by molar-refractivity contribution is 6.00. The van der Waals surface area contributed by atoms with Gasteiger partial charge in [0.2, 0.25) is 5.91 Å². The molecule has 2 aromatic carbocycles. The minimum absolute atomic E-state index is 0.0963. The van der Waals surface area contributed by atoms with Gasteiger partial charge in [0, 0.05) is 22.7 Å². The maximum absolute atomic E-state index is 12.9. The zero-order valence-electron chi connectivity index (χ0n) is 15.4. The zero-order chi connectivity index (χ0) is 19.9. The van der Waals surface area contributed by atoms with Crippen LogP contribution in [-0.4, -0.2) is 29.3 Å². The molecule has 0 saturated carbocycles. The summed E-state index contributed by atoms with van der Waals surface area (Å²) in [4.78, 5) is 23.8. The Bertz CT molecular complexity index is 1010. The van der Waals surface area contributed by atoms with Gasteiger partial charge in [-0.05, 0) is 30.7 Å². The molecule has 0 atom stereocenters. The van der Waals surface area contributed by atoms with Crippen LogP contribution in [0.3, 0.4) is 0 Å². The Morgan fingerprint density at radius 2 is 1.93 bits per heavy atom. The number of hydrazone groups is 1. The summed E-state index contributed by atoms with van der Waals surface area (Å²) < 4.78 is 19.7. The molecule has 1 aromatic heterocycles. The second-order valence-corrected chi connectivity index (χ2v) is 6.13. The molecule has 3 aromatic rings. The average molecular weight is 381 g/mol. The molecule has 7 heteroatoms. The van der Waals surface area contributed by atoms with Crippen molar-refractivity contribution in [3.63, 3.8) is 0 Å². The Balaban J connectivity index is 1.70. The van der Waals surface area contributed by atoms with Crippen LogP contribution in [0.1, 0.15) is 18.1 Å². The average Bonchev–Trinajstić information content (AvgIpc) is 3.02. The first-order valence-corrected chi connectivity index (χ1v) is 8.86. The normalized spacial score (nSPS) is 11.1. The predicted molar refractivity (Wildman–Crippen MR) is 104 cm³/mol. The maximum Gasteiger partial charge on any atom is 0.325 e. The van der Waals surface area contributed by atoms with E-state index in [4.69, 9.17) is 4.74 Å². The fourth-order valence-corrected chi connectivity index (χ4v) is 2.86. The molecular formula is C21H20FN3O3. The van der Waals surface area contributed by atoms with Gasteiger partial charge in [0.15, 0.2) is 0 Å². The van der Waals surface area contributed by atoms with Crippen molar-refractivity contribution in [1.29, 1.82) is 0 Å². The molecule has 0 bridgehead atoms. The van der Waals surface area contributed by atoms with Crippen molar-refractivity contribution in [2.45, 2.75) is 19.9 Å². The molecule has 0 fully saturated rings. The molecule has 1 amide bonds. The number of carbonyl (C=O) groups excluding carboxylic acids is 2. The standard InChI is InChI=1S/C21H20FN3O3/c1-2-28-21(27)14-25-13-16(18-5-3-4-6-19(18)25)12-23-24-20(26)11-15-7-9-17(22)10-8-15/h3-10,12-13H,2,11,14H2,1H3,(H,24,26)/b23-12+. The van der Waals surface area contributed by atoms with E-state index in [1.807, 2.05) is 24.3 Å². The number of nitrogens with zero attached hydrogens (tertiary/aromatic N) is 2. The van der Waals surface area contributed by atoms with Crippen molar-refractivity contribution in [1.82, 2.24) is 9.99 Å². The van der Waals surface area contributed by atoms with Crippen LogP contribution in [0, 0.1) is 5.82 Å². The molecule has 1 N–H and O–H groups in total. The Labute approximate surface area is 161 Å². The maximum atomic E-state index is 12.9. The molecule has 6 nitrogen and oxygen atoms in total. The lowest BCUT2D eigenvalue weighted by Gasteiger charge is -2.04. The fourth-order valence-electron chi connectivity index (χ4n) is 2.86. The molecule has 144 valence electrons. The number of aromatic nitrogens is 1. The van der Waals surface area contributed by atoms with Crippen LogP contribution in [0.4, 0.5) is 4.39 Å². The molecule has 1 heterocycles. The van der Waals surface area contributed by atoms with Gasteiger partial charge < -0.3 is 9.30 Å². The lowest BCUT2D eigenvalue weighted by Crippen LogP contribution is -2.19. The van der Waals surface area contributed by atoms with Crippen molar-refractivity contribution in [3.05, 3.63) is 71.7 Å². The van der Waals surface area contributed by atoms with Crippen LogP contribution in [-0.2, 0) is 27.3 Å². The summed E-state index contributed by atoms with van der Waals surface area (Å²) in [6.45, 7) is 2.18. The third-order valence-electron chi connectivity index (χ3n) is 4.09. The molecule has 0 spiro atoms. The number of nitrogens with one attached hydrogen (secondary N) is 1. The smallest absolute Gasteiger partial charge is 0.325 e. The number of hydrogen-bond donors (Lipinski definition) is 1. The number of carbonyl (C=O) groups is 2. The summed E-state index contributed by atoms with van der Waals surface area (Å²) in [5.41, 5.74) is 4.80. The second kappa shape index (κ2) is 8.94. The quantitative estimate of drug-likeness (QED) is 0.388. The molecule has 0 unspecified atom stereocenters. The summed E-state index contributed by atoms with van der Waals surface area (Å²) in [7, 11) is 0. The third-order valence-corrected chi connectivity index (χ3v) is 4.09. The van der Waals surface area contributed by atoms with E-state index >= 15 is 0 Å². The molecule has 3 rings (SSSR count). The van der Waals surface area contributed by atoms with Crippen LogP contribution in [0.25, 0.3) is 10.9 Å². The van der Waals surface area contributed by atoms with Crippen molar-refractivity contribution >= 4 is 29.0 Å². The zero-order valence-corrected chi connectivity index (χ0v) is 15.4. The van der Waals surface area contributed by atoms with Crippen LogP contribution in [0.2, 0.25) is 0 Å². The van der Waals surface area contributed by atoms with E-state index in [2.05, 4.69) is 10.5 Å². The number of rotatable bonds is 7. The predicted octanol–water partition coefficient (Wildman–Crippen LogP) is 3.04. The Kier molecular flexibility index (Phi) is 6.16. The van der Waals surface area contributed by atoms with E-state index in [9.17, 15) is 14.0 Å². The minimum atomic E-state index is -0.346. The molecule has 0 radical (unpaired) electrons. The van der Waals surface area contributed by atoms with E-state index < -0.39 is 0 Å². The van der Waals surface area contributed by atoms with E-state index in [1.165, 1.54) is 18.3 Å². The Morgan fingerprint density at radius 1 is 1.18 bits per heavy atom. The van der Waals surface area contributed by atoms with Crippen molar-refractivity contribution < 1.29 is 18.7 Å². The van der Waals surface area contributed by atoms with Gasteiger partial charge >= 0.3 is 5.97 Å². The van der Waals surface area contributed by atoms with Crippen molar-refractivity contribution in [3.8, 4) is 0 Å². The molecule has 0 aliphatic carbocycles. The second-order valence-electron chi connectivity index (χ2n) is 6.13. The Hall–Kier alpha value is -3.48. The summed E-state index contributed by atoms with van der Waals surface area (Å²) in [5.74, 6) is -0.973. The Morgan fingerprint density at radius 3 is 2.68 bits per heavy atom. The summed E-state index contributed by atoms with van der Waals surface area (Å²) in [5, 5.41) is 4.91. The largest absolute Gasteiger partial charge is 0.465 e. The van der Waals surface area contributed by atoms with Gasteiger partial charge in [0.1, 0.15) is 12.4 Å². The van der Waals surface area contributed by atoms with E-state index in [-0.39, 0.29) is 30.7 Å². The highest BCUT2D eigenvalue weighted by Crippen LogP contribution is 2.20. The fraction of sp³-hybridized carbons (Fsp3) is 0.190. The third kappa shape index (κ3) is 4.82. The summed E-state index contributed by atoms with van der Waals surface area (Å²) in [6, 6.07) is 13.3. The van der Waals surface area contributed by atoms with Gasteiger partial charge in [-0.3, -0.25) is 9.59 Å². The summed E-state index contributed by atoms with van der Waals surface area (Å²) >= 11 is 0. The molecular weight excluding hydrogens is 361 g/mol. The molecule has 0 aliphatic rings. The van der Waals surface area contributed by atoms with Gasteiger partial charge in [-0.1, -0.05) is 30.3 Å².